The Labute approximate surface area is 646 Å². The molecule has 6 heterocycles. The standard InChI is InChI=1S/C102H95B2N5/c1-6-74(77-38-19-10-20-39-77)67-105-68(3)54-90-93(7-2)109(102(70(5)76-46-33-47-76,66-71-34-15-8-16-35-71)69(4)75-36-17-9-18-37-75)97-65-96-91(64-92(97)103(90)88-50-29-31-52-94(88)105)104-89-51-30-32-53-95(89)108(101-86(79-42-23-12-24-43-79)60-81(78-40-21-11-22-41-78)61-87(101)80-44-25-13-26-45-80)99-63-85(106-83-56-72-55-73(58-83)59-84(106)57-72)62-98(100(99)104)107(96)82-48-27-14-28-49-82/h7-38,40-46,48-53,60-65,68,70,72-74,76-77,83-84H,2,4,6,39,47,54-59,66-67H2,1,3,5H3/t68?,70-,72?,73?,74?,76?,77?,83?,84?,102-/m0/s1. The lowest BCUT2D eigenvalue weighted by Gasteiger charge is -2.58. The zero-order valence-corrected chi connectivity index (χ0v) is 63.2. The van der Waals surface area contributed by atoms with Gasteiger partial charge in [0.15, 0.2) is 0 Å². The Bertz CT molecular complexity index is 5370. The number of piperidine rings is 2. The monoisotopic (exact) mass is 1410 g/mol. The van der Waals surface area contributed by atoms with Crippen molar-refractivity contribution in [2.24, 2.45) is 35.5 Å². The van der Waals surface area contributed by atoms with Gasteiger partial charge in [0.1, 0.15) is 0 Å². The van der Waals surface area contributed by atoms with Crippen molar-refractivity contribution in [3.63, 3.8) is 0 Å². The van der Waals surface area contributed by atoms with Crippen LogP contribution in [-0.2, 0) is 6.42 Å². The van der Waals surface area contributed by atoms with E-state index in [2.05, 4.69) is 355 Å². The normalized spacial score (nSPS) is 22.0. The van der Waals surface area contributed by atoms with Gasteiger partial charge in [0.2, 0.25) is 6.71 Å². The van der Waals surface area contributed by atoms with Crippen molar-refractivity contribution in [2.45, 2.75) is 109 Å². The van der Waals surface area contributed by atoms with Gasteiger partial charge >= 0.3 is 0 Å². The maximum absolute atomic E-state index is 5.52. The van der Waals surface area contributed by atoms with Crippen LogP contribution in [0.4, 0.5) is 51.2 Å². The third-order valence-electron chi connectivity index (χ3n) is 27.3. The van der Waals surface area contributed by atoms with Crippen LogP contribution in [0.5, 0.6) is 0 Å². The molecule has 11 aromatic carbocycles. The molecule has 6 atom stereocenters. The zero-order chi connectivity index (χ0) is 73.0. The second-order valence-corrected chi connectivity index (χ2v) is 33.1. The summed E-state index contributed by atoms with van der Waals surface area (Å²) < 4.78 is 0. The van der Waals surface area contributed by atoms with Crippen molar-refractivity contribution < 1.29 is 0 Å². The number of hydrogen-bond donors (Lipinski definition) is 0. The lowest BCUT2D eigenvalue weighted by Crippen LogP contribution is -2.65. The summed E-state index contributed by atoms with van der Waals surface area (Å²) in [5, 5.41) is 0. The van der Waals surface area contributed by atoms with Gasteiger partial charge in [0.05, 0.1) is 11.2 Å². The van der Waals surface area contributed by atoms with Gasteiger partial charge in [-0.2, -0.15) is 0 Å². The van der Waals surface area contributed by atoms with Crippen molar-refractivity contribution in [3.8, 4) is 33.4 Å². The minimum Gasteiger partial charge on any atom is -0.369 e. The first-order chi connectivity index (χ1) is 53.7. The van der Waals surface area contributed by atoms with Gasteiger partial charge in [-0.3, -0.25) is 0 Å². The largest absolute Gasteiger partial charge is 0.369 e. The summed E-state index contributed by atoms with van der Waals surface area (Å²) in [6.45, 7) is 18.8. The molecule has 2 saturated heterocycles. The quantitative estimate of drug-likeness (QED) is 0.0627. The Kier molecular flexibility index (Phi) is 17.0. The topological polar surface area (TPSA) is 16.2 Å². The highest BCUT2D eigenvalue weighted by molar-refractivity contribution is 7.01. The number of nitrogens with zero attached hydrogens (tertiary/aromatic N) is 5. The highest BCUT2D eigenvalue weighted by Crippen LogP contribution is 2.58. The summed E-state index contributed by atoms with van der Waals surface area (Å²) in [6.07, 6.45) is 27.8. The molecule has 0 aromatic heterocycles. The molecule has 4 fully saturated rings. The van der Waals surface area contributed by atoms with Gasteiger partial charge in [-0.25, -0.2) is 0 Å². The van der Waals surface area contributed by atoms with Crippen molar-refractivity contribution >= 4 is 97.5 Å². The van der Waals surface area contributed by atoms with Crippen molar-refractivity contribution in [1.29, 1.82) is 0 Å². The summed E-state index contributed by atoms with van der Waals surface area (Å²) >= 11 is 0. The molecule has 10 aliphatic rings. The Morgan fingerprint density at radius 2 is 1.06 bits per heavy atom. The molecule has 6 aliphatic heterocycles. The van der Waals surface area contributed by atoms with E-state index in [9.17, 15) is 0 Å². The van der Waals surface area contributed by atoms with Gasteiger partial charge in [0.25, 0.3) is 6.71 Å². The van der Waals surface area contributed by atoms with E-state index in [1.165, 1.54) is 155 Å². The summed E-state index contributed by atoms with van der Waals surface area (Å²) in [4.78, 5) is 14.2. The molecule has 4 unspecified atom stereocenters. The Balaban J connectivity index is 0.908. The Hall–Kier alpha value is -11.0. The number of hydrogen-bond acceptors (Lipinski definition) is 5. The highest BCUT2D eigenvalue weighted by atomic mass is 15.3. The zero-order valence-electron chi connectivity index (χ0n) is 63.2. The van der Waals surface area contributed by atoms with Crippen LogP contribution in [0.3, 0.4) is 0 Å². The minimum absolute atomic E-state index is 0.0851. The lowest BCUT2D eigenvalue weighted by molar-refractivity contribution is 0.0900. The maximum atomic E-state index is 5.52. The van der Waals surface area contributed by atoms with Gasteiger partial charge in [-0.15, -0.1) is 0 Å². The molecule has 4 bridgehead atoms. The molecular formula is C102H95B2N5. The molecule has 5 nitrogen and oxygen atoms in total. The molecule has 0 spiro atoms. The van der Waals surface area contributed by atoms with Gasteiger partial charge in [-0.1, -0.05) is 288 Å². The number of allylic oxidation sites excluding steroid dienone is 7. The number of para-hydroxylation sites is 3. The summed E-state index contributed by atoms with van der Waals surface area (Å²) in [5.74, 6) is 2.88. The third-order valence-corrected chi connectivity index (χ3v) is 27.3. The van der Waals surface area contributed by atoms with E-state index < -0.39 is 5.54 Å². The van der Waals surface area contributed by atoms with E-state index in [4.69, 9.17) is 13.2 Å². The summed E-state index contributed by atoms with van der Waals surface area (Å²) in [5.41, 5.74) is 30.4. The van der Waals surface area contributed by atoms with Crippen molar-refractivity contribution in [1.82, 2.24) is 0 Å². The molecule has 109 heavy (non-hydrogen) atoms. The Morgan fingerprint density at radius 1 is 0.505 bits per heavy atom. The lowest BCUT2D eigenvalue weighted by atomic mass is 9.30. The van der Waals surface area contributed by atoms with Gasteiger partial charge in [-0.05, 0) is 221 Å². The molecule has 21 rings (SSSR count). The highest BCUT2D eigenvalue weighted by Gasteiger charge is 2.56. The third kappa shape index (κ3) is 11.2. The average Bonchev–Trinajstić information content (AvgIpc) is 1.21. The van der Waals surface area contributed by atoms with Crippen LogP contribution < -0.4 is 51.8 Å². The molecule has 11 aromatic rings. The number of anilines is 9. The van der Waals surface area contributed by atoms with Gasteiger partial charge < -0.3 is 24.5 Å². The van der Waals surface area contributed by atoms with Crippen LogP contribution in [0.1, 0.15) is 89.7 Å². The fraction of sp³-hybridized carbons (Fsp3) is 0.235. The van der Waals surface area contributed by atoms with E-state index >= 15 is 0 Å². The van der Waals surface area contributed by atoms with Crippen LogP contribution in [0.2, 0.25) is 0 Å². The first-order valence-corrected chi connectivity index (χ1v) is 40.7. The minimum atomic E-state index is -0.732. The SMILES string of the molecule is C=CC1=C2CC(C)N(CC(CC)C3C=CC=CC3)c3ccccc3B2c2cc3c(cc2N1[C@@](Cc1ccccc1)(C(=C)c1ccccc1)[C@@H](C)C1C=CC1)N(c1ccccc1)c1cc(N2C4CC5CC(C4)CC2C5)cc2c1B3c1ccccc1N2c1c(-c2ccccc2)cc(-c2ccccc2)cc1-c1ccccc1. The molecule has 0 N–H and O–H groups in total. The average molecular weight is 1410 g/mol. The Morgan fingerprint density at radius 3 is 1.65 bits per heavy atom. The predicted octanol–water partition coefficient (Wildman–Crippen LogP) is 21.6. The van der Waals surface area contributed by atoms with Crippen LogP contribution in [-0.4, -0.2) is 43.6 Å². The van der Waals surface area contributed by atoms with Crippen LogP contribution in [0.25, 0.3) is 39.0 Å². The van der Waals surface area contributed by atoms with E-state index in [1.54, 1.807) is 0 Å². The van der Waals surface area contributed by atoms with Crippen molar-refractivity contribution in [2.75, 3.05) is 31.0 Å². The number of fused-ring (bicyclic) bond motifs is 9. The smallest absolute Gasteiger partial charge is 0.252 e. The summed E-state index contributed by atoms with van der Waals surface area (Å²) in [7, 11) is 0. The number of benzene rings is 11. The van der Waals surface area contributed by atoms with Crippen LogP contribution >= 0.6 is 0 Å². The maximum Gasteiger partial charge on any atom is 0.252 e. The molecule has 0 amide bonds. The fourth-order valence-corrected chi connectivity index (χ4v) is 22.3. The van der Waals surface area contributed by atoms with Crippen LogP contribution in [0, 0.1) is 35.5 Å². The van der Waals surface area contributed by atoms with Crippen molar-refractivity contribution in [3.05, 3.63) is 345 Å². The molecular weight excluding hydrogens is 1320 g/mol. The summed E-state index contributed by atoms with van der Waals surface area (Å²) in [6, 6.07) is 104. The first kappa shape index (κ1) is 67.3. The van der Waals surface area contributed by atoms with E-state index in [1.807, 2.05) is 0 Å². The fourth-order valence-electron chi connectivity index (χ4n) is 22.3. The molecule has 4 aliphatic carbocycles. The van der Waals surface area contributed by atoms with Crippen LogP contribution in [0.15, 0.2) is 334 Å². The van der Waals surface area contributed by atoms with Gasteiger partial charge in [0, 0.05) is 93.4 Å². The second kappa shape index (κ2) is 27.6. The van der Waals surface area contributed by atoms with E-state index in [0.717, 1.165) is 67.3 Å². The molecule has 534 valence electrons. The molecule has 7 heteroatoms. The second-order valence-electron chi connectivity index (χ2n) is 33.1. The van der Waals surface area contributed by atoms with E-state index in [0.29, 0.717) is 29.8 Å². The number of rotatable bonds is 18. The predicted molar refractivity (Wildman–Crippen MR) is 464 cm³/mol. The molecule has 2 saturated carbocycles. The van der Waals surface area contributed by atoms with E-state index in [-0.39, 0.29) is 25.4 Å². The molecule has 0 radical (unpaired) electrons. The first-order valence-electron chi connectivity index (χ1n) is 40.7.